The van der Waals surface area contributed by atoms with Gasteiger partial charge in [-0.25, -0.2) is 4.79 Å². The molecule has 1 saturated heterocycles. The zero-order chi connectivity index (χ0) is 13.6. The number of cyclic esters (lactones) is 1. The van der Waals surface area contributed by atoms with Crippen molar-refractivity contribution in [3.05, 3.63) is 0 Å². The minimum absolute atomic E-state index is 0.0718. The lowest BCUT2D eigenvalue weighted by molar-refractivity contribution is -0.239. The molecule has 6 heteroatoms. The van der Waals surface area contributed by atoms with Gasteiger partial charge >= 0.3 is 5.97 Å². The summed E-state index contributed by atoms with van der Waals surface area (Å²) >= 11 is 0. The van der Waals surface area contributed by atoms with Crippen molar-refractivity contribution in [1.29, 1.82) is 0 Å². The van der Waals surface area contributed by atoms with E-state index in [0.29, 0.717) is 0 Å². The van der Waals surface area contributed by atoms with E-state index >= 15 is 0 Å². The van der Waals surface area contributed by atoms with Crippen LogP contribution < -0.4 is 0 Å². The molecule has 1 aliphatic rings. The molecule has 0 aromatic carbocycles. The molecule has 1 aliphatic heterocycles. The van der Waals surface area contributed by atoms with Crippen LogP contribution in [0.2, 0.25) is 0 Å². The van der Waals surface area contributed by atoms with Crippen LogP contribution in [0.1, 0.15) is 27.7 Å². The van der Waals surface area contributed by atoms with Crippen LogP contribution in [0.15, 0.2) is 0 Å². The van der Waals surface area contributed by atoms with Crippen LogP contribution in [0.4, 0.5) is 0 Å². The maximum absolute atomic E-state index is 10.7. The molecule has 0 bridgehead atoms. The third-order valence-electron chi connectivity index (χ3n) is 2.31. The van der Waals surface area contributed by atoms with E-state index < -0.39 is 24.5 Å². The highest BCUT2D eigenvalue weighted by atomic mass is 16.7. The van der Waals surface area contributed by atoms with Gasteiger partial charge in [0.25, 0.3) is 0 Å². The number of hydrogen-bond donors (Lipinski definition) is 1. The summed E-state index contributed by atoms with van der Waals surface area (Å²) in [6, 6.07) is 0. The highest BCUT2D eigenvalue weighted by molar-refractivity contribution is 5.79. The first-order chi connectivity index (χ1) is 7.79. The Kier molecular flexibility index (Phi) is 6.94. The summed E-state index contributed by atoms with van der Waals surface area (Å²) in [5.74, 6) is -0.347. The highest BCUT2D eigenvalue weighted by Gasteiger charge is 2.31. The lowest BCUT2D eigenvalue weighted by Gasteiger charge is -2.28. The summed E-state index contributed by atoms with van der Waals surface area (Å²) in [6.45, 7) is 6.35. The third-order valence-corrected chi connectivity index (χ3v) is 2.31. The van der Waals surface area contributed by atoms with Gasteiger partial charge in [-0.1, -0.05) is 0 Å². The first-order valence-electron chi connectivity index (χ1n) is 5.36. The molecule has 1 heterocycles. The number of ether oxygens (including phenoxy) is 3. The van der Waals surface area contributed by atoms with Crippen LogP contribution in [-0.4, -0.2) is 48.6 Å². The van der Waals surface area contributed by atoms with Gasteiger partial charge in [-0.3, -0.25) is 4.79 Å². The minimum Gasteiger partial charge on any atom is -0.455 e. The van der Waals surface area contributed by atoms with Crippen molar-refractivity contribution < 1.29 is 28.9 Å². The van der Waals surface area contributed by atoms with Gasteiger partial charge in [-0.15, -0.1) is 0 Å². The van der Waals surface area contributed by atoms with Crippen molar-refractivity contribution in [3.8, 4) is 0 Å². The number of Topliss-reactive ketones (excluding diaryl/α,β-unsaturated/α-hetero) is 1. The number of carbonyl (C=O) groups excluding carboxylic acids is 2. The number of aliphatic hydroxyl groups excluding tert-OH is 1. The second-order valence-electron chi connectivity index (χ2n) is 3.80. The van der Waals surface area contributed by atoms with Crippen LogP contribution in [-0.2, 0) is 23.8 Å². The van der Waals surface area contributed by atoms with Crippen LogP contribution in [0.3, 0.4) is 0 Å². The Bertz CT molecular complexity index is 265. The largest absolute Gasteiger partial charge is 0.455 e. The van der Waals surface area contributed by atoms with Gasteiger partial charge in [0.05, 0.1) is 0 Å². The predicted octanol–water partition coefficient (Wildman–Crippen LogP) is 0.266. The number of esters is 1. The number of ketones is 1. The Morgan fingerprint density at radius 1 is 1.47 bits per heavy atom. The van der Waals surface area contributed by atoms with E-state index in [-0.39, 0.29) is 11.9 Å². The van der Waals surface area contributed by atoms with Crippen LogP contribution in [0.5, 0.6) is 0 Å². The molecule has 1 N–H and O–H groups in total. The van der Waals surface area contributed by atoms with Crippen molar-refractivity contribution in [2.45, 2.75) is 52.3 Å². The Hall–Kier alpha value is -0.980. The molecule has 0 amide bonds. The maximum atomic E-state index is 10.7. The topological polar surface area (TPSA) is 82.1 Å². The van der Waals surface area contributed by atoms with E-state index in [1.165, 1.54) is 21.0 Å². The van der Waals surface area contributed by atoms with Gasteiger partial charge in [0.1, 0.15) is 12.2 Å². The normalized spacial score (nSPS) is 29.8. The van der Waals surface area contributed by atoms with E-state index in [1.54, 1.807) is 13.8 Å². The molecular weight excluding hydrogens is 228 g/mol. The average molecular weight is 248 g/mol. The molecule has 100 valence electrons. The lowest BCUT2D eigenvalue weighted by atomic mass is 10.3. The van der Waals surface area contributed by atoms with Crippen molar-refractivity contribution in [2.24, 2.45) is 0 Å². The van der Waals surface area contributed by atoms with Crippen molar-refractivity contribution >= 4 is 11.8 Å². The fourth-order valence-corrected chi connectivity index (χ4v) is 0.879. The van der Waals surface area contributed by atoms with Crippen LogP contribution in [0, 0.1) is 0 Å². The fourth-order valence-electron chi connectivity index (χ4n) is 0.879. The summed E-state index contributed by atoms with van der Waals surface area (Å²) < 4.78 is 14.2. The Morgan fingerprint density at radius 3 is 2.29 bits per heavy atom. The third kappa shape index (κ3) is 5.76. The quantitative estimate of drug-likeness (QED) is 0.706. The molecule has 0 radical (unpaired) electrons. The zero-order valence-electron chi connectivity index (χ0n) is 10.8. The standard InChI is InChI=1S/C6H10O4.C5H10O2/c1-3-5(7)10-4(2)6(8)9-3;1-4(6)5(2)7-3/h3-5,7H,1-2H3;5H,1-3H3. The average Bonchev–Trinajstić information content (AvgIpc) is 2.26. The molecule has 4 atom stereocenters. The van der Waals surface area contributed by atoms with E-state index in [1.807, 2.05) is 0 Å². The second kappa shape index (κ2) is 7.37. The molecule has 1 fully saturated rings. The SMILES string of the molecule is CC1OC(O)C(C)OC1=O.COC(C)C(C)=O. The van der Waals surface area contributed by atoms with Gasteiger partial charge in [-0.05, 0) is 27.7 Å². The molecule has 17 heavy (non-hydrogen) atoms. The number of hydrogen-bond acceptors (Lipinski definition) is 6. The first-order valence-corrected chi connectivity index (χ1v) is 5.36. The molecule has 0 aliphatic carbocycles. The minimum atomic E-state index is -0.979. The van der Waals surface area contributed by atoms with E-state index in [4.69, 9.17) is 14.6 Å². The van der Waals surface area contributed by atoms with Gasteiger partial charge in [-0.2, -0.15) is 0 Å². The smallest absolute Gasteiger partial charge is 0.335 e. The Balaban J connectivity index is 0.000000325. The van der Waals surface area contributed by atoms with Crippen LogP contribution >= 0.6 is 0 Å². The summed E-state index contributed by atoms with van der Waals surface area (Å²) in [7, 11) is 1.52. The van der Waals surface area contributed by atoms with Crippen LogP contribution in [0.25, 0.3) is 0 Å². The van der Waals surface area contributed by atoms with Gasteiger partial charge in [0.15, 0.2) is 18.2 Å². The molecule has 0 aromatic heterocycles. The Morgan fingerprint density at radius 2 is 2.00 bits per heavy atom. The number of rotatable bonds is 2. The number of aliphatic hydroxyl groups is 1. The fraction of sp³-hybridized carbons (Fsp3) is 0.818. The van der Waals surface area contributed by atoms with E-state index in [0.717, 1.165) is 0 Å². The van der Waals surface area contributed by atoms with Gasteiger partial charge in [0.2, 0.25) is 0 Å². The molecule has 0 spiro atoms. The van der Waals surface area contributed by atoms with Crippen molar-refractivity contribution in [2.75, 3.05) is 7.11 Å². The summed E-state index contributed by atoms with van der Waals surface area (Å²) in [5, 5.41) is 8.97. The summed E-state index contributed by atoms with van der Waals surface area (Å²) in [5.41, 5.74) is 0. The predicted molar refractivity (Wildman–Crippen MR) is 59.3 cm³/mol. The monoisotopic (exact) mass is 248 g/mol. The summed E-state index contributed by atoms with van der Waals surface area (Å²) in [4.78, 5) is 20.9. The number of carbonyl (C=O) groups is 2. The molecule has 1 rings (SSSR count). The molecule has 6 nitrogen and oxygen atoms in total. The Labute approximate surface area is 101 Å². The maximum Gasteiger partial charge on any atom is 0.335 e. The van der Waals surface area contributed by atoms with E-state index in [2.05, 4.69) is 4.74 Å². The number of methoxy groups -OCH3 is 1. The summed E-state index contributed by atoms with van der Waals surface area (Å²) in [6.07, 6.45) is -2.41. The first kappa shape index (κ1) is 16.0. The van der Waals surface area contributed by atoms with Gasteiger partial charge < -0.3 is 19.3 Å². The van der Waals surface area contributed by atoms with Gasteiger partial charge in [0, 0.05) is 7.11 Å². The highest BCUT2D eigenvalue weighted by Crippen LogP contribution is 2.12. The molecule has 4 unspecified atom stereocenters. The zero-order valence-corrected chi connectivity index (χ0v) is 10.8. The second-order valence-corrected chi connectivity index (χ2v) is 3.80. The molecule has 0 saturated carbocycles. The van der Waals surface area contributed by atoms with Crippen molar-refractivity contribution in [1.82, 2.24) is 0 Å². The molecular formula is C11H20O6. The van der Waals surface area contributed by atoms with Crippen molar-refractivity contribution in [3.63, 3.8) is 0 Å². The molecule has 0 aromatic rings. The lowest BCUT2D eigenvalue weighted by Crippen LogP contribution is -2.43. The van der Waals surface area contributed by atoms with E-state index in [9.17, 15) is 9.59 Å².